The SMILES string of the molecule is COc1cccc(CCN2C=NCC2)c1OC. The quantitative estimate of drug-likeness (QED) is 0.776. The van der Waals surface area contributed by atoms with Crippen LogP contribution in [-0.2, 0) is 6.42 Å². The Kier molecular flexibility index (Phi) is 3.85. The van der Waals surface area contributed by atoms with Crippen LogP contribution in [0.25, 0.3) is 0 Å². The van der Waals surface area contributed by atoms with E-state index in [1.165, 1.54) is 5.56 Å². The standard InChI is InChI=1S/C13H18N2O2/c1-16-12-5-3-4-11(13(12)17-2)6-8-15-9-7-14-10-15/h3-5,10H,6-9H2,1-2H3. The van der Waals surface area contributed by atoms with E-state index in [4.69, 9.17) is 9.47 Å². The molecule has 1 aliphatic rings. The molecule has 1 aromatic rings. The normalized spacial score (nSPS) is 14.1. The van der Waals surface area contributed by atoms with Crippen LogP contribution >= 0.6 is 0 Å². The third kappa shape index (κ3) is 2.70. The van der Waals surface area contributed by atoms with Crippen LogP contribution in [0.15, 0.2) is 23.2 Å². The van der Waals surface area contributed by atoms with Crippen molar-refractivity contribution >= 4 is 6.34 Å². The molecule has 4 nitrogen and oxygen atoms in total. The molecule has 2 rings (SSSR count). The molecule has 0 atom stereocenters. The third-order valence-electron chi connectivity index (χ3n) is 2.91. The van der Waals surface area contributed by atoms with Crippen LogP contribution in [-0.4, -0.2) is 45.1 Å². The highest BCUT2D eigenvalue weighted by Crippen LogP contribution is 2.30. The fourth-order valence-corrected chi connectivity index (χ4v) is 2.00. The van der Waals surface area contributed by atoms with Crippen LogP contribution in [0.3, 0.4) is 0 Å². The van der Waals surface area contributed by atoms with Gasteiger partial charge in [0.1, 0.15) is 0 Å². The molecule has 1 aromatic carbocycles. The van der Waals surface area contributed by atoms with Gasteiger partial charge in [0.15, 0.2) is 11.5 Å². The van der Waals surface area contributed by atoms with E-state index >= 15 is 0 Å². The largest absolute Gasteiger partial charge is 0.493 e. The van der Waals surface area contributed by atoms with Crippen LogP contribution in [0.1, 0.15) is 5.56 Å². The van der Waals surface area contributed by atoms with E-state index in [-0.39, 0.29) is 0 Å². The predicted molar refractivity (Wildman–Crippen MR) is 68.2 cm³/mol. The first-order chi connectivity index (χ1) is 8.35. The summed E-state index contributed by atoms with van der Waals surface area (Å²) in [5.74, 6) is 1.63. The molecule has 0 N–H and O–H groups in total. The van der Waals surface area contributed by atoms with Gasteiger partial charge in [-0.1, -0.05) is 12.1 Å². The molecule has 0 amide bonds. The van der Waals surface area contributed by atoms with Gasteiger partial charge in [0.25, 0.3) is 0 Å². The molecule has 0 saturated heterocycles. The van der Waals surface area contributed by atoms with Crippen LogP contribution in [0.4, 0.5) is 0 Å². The van der Waals surface area contributed by atoms with Gasteiger partial charge in [-0.05, 0) is 18.1 Å². The van der Waals surface area contributed by atoms with Gasteiger partial charge in [0.2, 0.25) is 0 Å². The number of aliphatic imine (C=N–C) groups is 1. The van der Waals surface area contributed by atoms with Gasteiger partial charge in [-0.2, -0.15) is 0 Å². The zero-order valence-corrected chi connectivity index (χ0v) is 10.3. The molecule has 0 radical (unpaired) electrons. The van der Waals surface area contributed by atoms with E-state index in [1.807, 2.05) is 18.5 Å². The lowest BCUT2D eigenvalue weighted by Gasteiger charge is -2.16. The van der Waals surface area contributed by atoms with Gasteiger partial charge < -0.3 is 14.4 Å². The number of ether oxygens (including phenoxy) is 2. The molecular formula is C13H18N2O2. The van der Waals surface area contributed by atoms with Crippen molar-refractivity contribution in [3.8, 4) is 11.5 Å². The van der Waals surface area contributed by atoms with Crippen molar-refractivity contribution in [1.82, 2.24) is 4.90 Å². The van der Waals surface area contributed by atoms with Gasteiger partial charge in [0.05, 0.1) is 27.1 Å². The molecule has 0 aromatic heterocycles. The molecule has 0 fully saturated rings. The lowest BCUT2D eigenvalue weighted by molar-refractivity contribution is 0.350. The number of rotatable bonds is 5. The predicted octanol–water partition coefficient (Wildman–Crippen LogP) is 1.59. The van der Waals surface area contributed by atoms with E-state index in [9.17, 15) is 0 Å². The average Bonchev–Trinajstić information content (AvgIpc) is 2.88. The maximum absolute atomic E-state index is 5.41. The number of para-hydroxylation sites is 1. The van der Waals surface area contributed by atoms with Crippen molar-refractivity contribution in [3.05, 3.63) is 23.8 Å². The van der Waals surface area contributed by atoms with Crippen LogP contribution < -0.4 is 9.47 Å². The lowest BCUT2D eigenvalue weighted by atomic mass is 10.1. The second kappa shape index (κ2) is 5.57. The number of hydrogen-bond acceptors (Lipinski definition) is 4. The number of methoxy groups -OCH3 is 2. The summed E-state index contributed by atoms with van der Waals surface area (Å²) >= 11 is 0. The molecule has 4 heteroatoms. The first kappa shape index (κ1) is 11.8. The summed E-state index contributed by atoms with van der Waals surface area (Å²) in [7, 11) is 3.34. The van der Waals surface area contributed by atoms with Gasteiger partial charge in [-0.3, -0.25) is 4.99 Å². The molecule has 0 saturated carbocycles. The van der Waals surface area contributed by atoms with Crippen molar-refractivity contribution in [2.24, 2.45) is 4.99 Å². The molecule has 0 spiro atoms. The van der Waals surface area contributed by atoms with Crippen LogP contribution in [0.2, 0.25) is 0 Å². The van der Waals surface area contributed by atoms with Crippen LogP contribution in [0.5, 0.6) is 11.5 Å². The summed E-state index contributed by atoms with van der Waals surface area (Å²) in [6, 6.07) is 5.99. The number of nitrogens with zero attached hydrogens (tertiary/aromatic N) is 2. The number of benzene rings is 1. The van der Waals surface area contributed by atoms with Crippen molar-refractivity contribution in [1.29, 1.82) is 0 Å². The summed E-state index contributed by atoms with van der Waals surface area (Å²) in [6.07, 6.45) is 2.86. The number of hydrogen-bond donors (Lipinski definition) is 0. The van der Waals surface area contributed by atoms with E-state index < -0.39 is 0 Å². The Hall–Kier alpha value is -1.71. The average molecular weight is 234 g/mol. The van der Waals surface area contributed by atoms with Crippen LogP contribution in [0, 0.1) is 0 Å². The van der Waals surface area contributed by atoms with Gasteiger partial charge in [-0.15, -0.1) is 0 Å². The molecule has 0 bridgehead atoms. The zero-order valence-electron chi connectivity index (χ0n) is 10.3. The Balaban J connectivity index is 2.06. The highest BCUT2D eigenvalue weighted by Gasteiger charge is 2.11. The summed E-state index contributed by atoms with van der Waals surface area (Å²) in [5.41, 5.74) is 1.17. The van der Waals surface area contributed by atoms with Gasteiger partial charge in [-0.25, -0.2) is 0 Å². The van der Waals surface area contributed by atoms with Gasteiger partial charge in [0, 0.05) is 13.1 Å². The maximum Gasteiger partial charge on any atom is 0.163 e. The fourth-order valence-electron chi connectivity index (χ4n) is 2.00. The molecule has 1 aliphatic heterocycles. The van der Waals surface area contributed by atoms with Crippen molar-refractivity contribution < 1.29 is 9.47 Å². The smallest absolute Gasteiger partial charge is 0.163 e. The van der Waals surface area contributed by atoms with E-state index in [0.29, 0.717) is 0 Å². The van der Waals surface area contributed by atoms with E-state index in [0.717, 1.165) is 37.6 Å². The minimum Gasteiger partial charge on any atom is -0.493 e. The Morgan fingerprint density at radius 1 is 1.29 bits per heavy atom. The Bertz CT molecular complexity index is 404. The molecule has 17 heavy (non-hydrogen) atoms. The summed E-state index contributed by atoms with van der Waals surface area (Å²) < 4.78 is 10.7. The first-order valence-corrected chi connectivity index (χ1v) is 5.79. The molecule has 0 unspecified atom stereocenters. The fraction of sp³-hybridized carbons (Fsp3) is 0.462. The minimum atomic E-state index is 0.792. The third-order valence-corrected chi connectivity index (χ3v) is 2.91. The summed E-state index contributed by atoms with van der Waals surface area (Å²) in [5, 5.41) is 0. The maximum atomic E-state index is 5.41. The summed E-state index contributed by atoms with van der Waals surface area (Å²) in [6.45, 7) is 2.90. The Morgan fingerprint density at radius 2 is 2.18 bits per heavy atom. The highest BCUT2D eigenvalue weighted by atomic mass is 16.5. The molecule has 1 heterocycles. The highest BCUT2D eigenvalue weighted by molar-refractivity contribution is 5.57. The van der Waals surface area contributed by atoms with E-state index in [1.54, 1.807) is 14.2 Å². The second-order valence-corrected chi connectivity index (χ2v) is 3.96. The van der Waals surface area contributed by atoms with Crippen molar-refractivity contribution in [3.63, 3.8) is 0 Å². The Morgan fingerprint density at radius 3 is 2.82 bits per heavy atom. The monoisotopic (exact) mass is 234 g/mol. The summed E-state index contributed by atoms with van der Waals surface area (Å²) in [4.78, 5) is 6.42. The topological polar surface area (TPSA) is 34.1 Å². The van der Waals surface area contributed by atoms with E-state index in [2.05, 4.69) is 16.0 Å². The van der Waals surface area contributed by atoms with Crippen molar-refractivity contribution in [2.75, 3.05) is 33.9 Å². The van der Waals surface area contributed by atoms with Crippen molar-refractivity contribution in [2.45, 2.75) is 6.42 Å². The zero-order chi connectivity index (χ0) is 12.1. The Labute approximate surface area is 102 Å². The molecule has 0 aliphatic carbocycles. The lowest BCUT2D eigenvalue weighted by Crippen LogP contribution is -2.22. The minimum absolute atomic E-state index is 0.792. The molecule has 92 valence electrons. The second-order valence-electron chi connectivity index (χ2n) is 3.96. The molecular weight excluding hydrogens is 216 g/mol. The van der Waals surface area contributed by atoms with Gasteiger partial charge >= 0.3 is 0 Å². The first-order valence-electron chi connectivity index (χ1n) is 5.79.